The summed E-state index contributed by atoms with van der Waals surface area (Å²) in [5.74, 6) is -1.03. The van der Waals surface area contributed by atoms with Gasteiger partial charge in [0.1, 0.15) is 6.04 Å². The van der Waals surface area contributed by atoms with Crippen molar-refractivity contribution >= 4 is 17.7 Å². The maximum absolute atomic E-state index is 13.2. The van der Waals surface area contributed by atoms with Gasteiger partial charge < -0.3 is 33.2 Å². The fraction of sp³-hybridized carbons (Fsp3) is 0.654. The molecule has 36 heavy (non-hydrogen) atoms. The number of benzene rings is 1. The maximum Gasteiger partial charge on any atom is 0.240 e. The Morgan fingerprint density at radius 1 is 0.889 bits per heavy atom. The van der Waals surface area contributed by atoms with Gasteiger partial charge in [-0.25, -0.2) is 0 Å². The Labute approximate surface area is 215 Å². The van der Waals surface area contributed by atoms with Crippen molar-refractivity contribution in [1.29, 1.82) is 0 Å². The summed E-state index contributed by atoms with van der Waals surface area (Å²) in [5, 5.41) is 12.4. The van der Waals surface area contributed by atoms with E-state index in [2.05, 4.69) is 21.3 Å². The van der Waals surface area contributed by atoms with E-state index in [0.29, 0.717) is 45.3 Å². The van der Waals surface area contributed by atoms with Crippen LogP contribution in [0.5, 0.6) is 0 Å². The second-order valence-corrected chi connectivity index (χ2v) is 10.2. The van der Waals surface area contributed by atoms with Crippen molar-refractivity contribution in [1.82, 2.24) is 21.3 Å². The summed E-state index contributed by atoms with van der Waals surface area (Å²) in [6.45, 7) is 9.06. The normalized spacial score (nSPS) is 14.2. The minimum absolute atomic E-state index is 0.105. The second-order valence-electron chi connectivity index (χ2n) is 10.2. The second kappa shape index (κ2) is 16.3. The summed E-state index contributed by atoms with van der Waals surface area (Å²) in [4.78, 5) is 38.1. The van der Waals surface area contributed by atoms with Crippen LogP contribution in [0.1, 0.15) is 58.9 Å². The van der Waals surface area contributed by atoms with Gasteiger partial charge in [0.25, 0.3) is 0 Å². The van der Waals surface area contributed by atoms with E-state index in [1.807, 2.05) is 58.0 Å². The van der Waals surface area contributed by atoms with E-state index in [9.17, 15) is 14.4 Å². The highest BCUT2D eigenvalue weighted by molar-refractivity contribution is 5.89. The molecule has 204 valence electrons. The molecule has 10 nitrogen and oxygen atoms in total. The molecule has 3 atom stereocenters. The van der Waals surface area contributed by atoms with Gasteiger partial charge in [0.2, 0.25) is 17.7 Å². The molecule has 10 heteroatoms. The third-order valence-corrected chi connectivity index (χ3v) is 5.77. The Balaban J connectivity index is 2.83. The van der Waals surface area contributed by atoms with Gasteiger partial charge >= 0.3 is 0 Å². The first-order valence-corrected chi connectivity index (χ1v) is 12.8. The highest BCUT2D eigenvalue weighted by Crippen LogP contribution is 2.09. The Hall–Kier alpha value is -2.53. The van der Waals surface area contributed by atoms with Crippen LogP contribution in [0.15, 0.2) is 30.3 Å². The van der Waals surface area contributed by atoms with E-state index >= 15 is 0 Å². The average molecular weight is 506 g/mol. The topological polar surface area (TPSA) is 177 Å². The number of rotatable bonds is 18. The predicted octanol–water partition coefficient (Wildman–Crippen LogP) is -0.103. The first kappa shape index (κ1) is 31.5. The van der Waals surface area contributed by atoms with Crippen LogP contribution in [-0.2, 0) is 20.8 Å². The SMILES string of the molecule is CC(C)NC(CCCN)C(=O)NCC(C)(C)NC(CCCN)C(=O)NC(Cc1ccccc1)C(N)=O. The standard InChI is InChI=1S/C26H47N7O3/c1-18(2)31-20(12-8-14-27)24(35)30-17-26(3,4)33-21(13-9-15-28)25(36)32-22(23(29)34)16-19-10-6-5-7-11-19/h5-7,10-11,18,20-22,31,33H,8-9,12-17,27-28H2,1-4H3,(H2,29,34)(H,30,35)(H,32,36). The molecule has 3 amide bonds. The van der Waals surface area contributed by atoms with E-state index < -0.39 is 23.5 Å². The molecule has 1 rings (SSSR count). The summed E-state index contributed by atoms with van der Waals surface area (Å²) >= 11 is 0. The molecule has 0 saturated carbocycles. The number of primary amides is 1. The van der Waals surface area contributed by atoms with E-state index in [1.165, 1.54) is 0 Å². The van der Waals surface area contributed by atoms with Crippen LogP contribution in [0, 0.1) is 0 Å². The van der Waals surface area contributed by atoms with Crippen LogP contribution in [-0.4, -0.2) is 67.1 Å². The summed E-state index contributed by atoms with van der Waals surface area (Å²) in [7, 11) is 0. The van der Waals surface area contributed by atoms with Crippen molar-refractivity contribution in [2.24, 2.45) is 17.2 Å². The zero-order valence-corrected chi connectivity index (χ0v) is 22.3. The van der Waals surface area contributed by atoms with Gasteiger partial charge in [-0.2, -0.15) is 0 Å². The molecule has 0 aliphatic heterocycles. The van der Waals surface area contributed by atoms with Crippen LogP contribution >= 0.6 is 0 Å². The zero-order chi connectivity index (χ0) is 27.1. The number of carbonyl (C=O) groups excluding carboxylic acids is 3. The van der Waals surface area contributed by atoms with Crippen LogP contribution in [0.3, 0.4) is 0 Å². The molecule has 0 fully saturated rings. The summed E-state index contributed by atoms with van der Waals surface area (Å²) in [5.41, 5.74) is 17.2. The summed E-state index contributed by atoms with van der Waals surface area (Å²) in [6, 6.07) is 7.76. The molecular weight excluding hydrogens is 458 g/mol. The monoisotopic (exact) mass is 505 g/mol. The van der Waals surface area contributed by atoms with Gasteiger partial charge in [-0.1, -0.05) is 44.2 Å². The van der Waals surface area contributed by atoms with Gasteiger partial charge in [0, 0.05) is 24.5 Å². The predicted molar refractivity (Wildman–Crippen MR) is 144 cm³/mol. The van der Waals surface area contributed by atoms with E-state index in [0.717, 1.165) is 12.0 Å². The molecule has 0 aliphatic carbocycles. The molecule has 0 radical (unpaired) electrons. The Morgan fingerprint density at radius 3 is 2.00 bits per heavy atom. The third kappa shape index (κ3) is 12.4. The number of carbonyl (C=O) groups is 3. The molecule has 1 aromatic rings. The molecule has 0 heterocycles. The van der Waals surface area contributed by atoms with Gasteiger partial charge in [-0.3, -0.25) is 19.7 Å². The van der Waals surface area contributed by atoms with Crippen molar-refractivity contribution in [2.45, 2.75) is 89.5 Å². The van der Waals surface area contributed by atoms with Gasteiger partial charge in [0.05, 0.1) is 12.1 Å². The zero-order valence-electron chi connectivity index (χ0n) is 22.3. The van der Waals surface area contributed by atoms with Gasteiger partial charge in [-0.15, -0.1) is 0 Å². The molecular formula is C26H47N7O3. The molecule has 3 unspecified atom stereocenters. The number of nitrogens with two attached hydrogens (primary N) is 3. The number of nitrogens with one attached hydrogen (secondary N) is 4. The van der Waals surface area contributed by atoms with Crippen molar-refractivity contribution < 1.29 is 14.4 Å². The third-order valence-electron chi connectivity index (χ3n) is 5.77. The van der Waals surface area contributed by atoms with E-state index in [4.69, 9.17) is 17.2 Å². The van der Waals surface area contributed by atoms with Crippen LogP contribution in [0.25, 0.3) is 0 Å². The molecule has 0 bridgehead atoms. The van der Waals surface area contributed by atoms with Crippen LogP contribution in [0.4, 0.5) is 0 Å². The molecule has 0 spiro atoms. The van der Waals surface area contributed by atoms with Crippen molar-refractivity contribution in [3.05, 3.63) is 35.9 Å². The fourth-order valence-corrected chi connectivity index (χ4v) is 3.90. The molecule has 1 aromatic carbocycles. The molecule has 0 aliphatic rings. The Morgan fingerprint density at radius 2 is 1.47 bits per heavy atom. The first-order chi connectivity index (χ1) is 17.0. The highest BCUT2D eigenvalue weighted by atomic mass is 16.2. The van der Waals surface area contributed by atoms with Crippen molar-refractivity contribution in [3.63, 3.8) is 0 Å². The van der Waals surface area contributed by atoms with Gasteiger partial charge in [-0.05, 0) is 58.2 Å². The highest BCUT2D eigenvalue weighted by Gasteiger charge is 2.30. The molecule has 0 aromatic heterocycles. The number of hydrogen-bond donors (Lipinski definition) is 7. The van der Waals surface area contributed by atoms with Crippen molar-refractivity contribution in [3.8, 4) is 0 Å². The van der Waals surface area contributed by atoms with Gasteiger partial charge in [0.15, 0.2) is 0 Å². The van der Waals surface area contributed by atoms with E-state index in [1.54, 1.807) is 0 Å². The summed E-state index contributed by atoms with van der Waals surface area (Å²) < 4.78 is 0. The Kier molecular flexibility index (Phi) is 14.2. The van der Waals surface area contributed by atoms with E-state index in [-0.39, 0.29) is 23.9 Å². The largest absolute Gasteiger partial charge is 0.368 e. The number of hydrogen-bond acceptors (Lipinski definition) is 7. The lowest BCUT2D eigenvalue weighted by Crippen LogP contribution is -2.60. The van der Waals surface area contributed by atoms with Crippen LogP contribution < -0.4 is 38.5 Å². The smallest absolute Gasteiger partial charge is 0.240 e. The summed E-state index contributed by atoms with van der Waals surface area (Å²) in [6.07, 6.45) is 2.78. The lowest BCUT2D eigenvalue weighted by molar-refractivity contribution is -0.129. The van der Waals surface area contributed by atoms with Crippen LogP contribution in [0.2, 0.25) is 0 Å². The molecule has 0 saturated heterocycles. The fourth-order valence-electron chi connectivity index (χ4n) is 3.90. The quantitative estimate of drug-likeness (QED) is 0.146. The minimum Gasteiger partial charge on any atom is -0.368 e. The lowest BCUT2D eigenvalue weighted by Gasteiger charge is -2.33. The molecule has 10 N–H and O–H groups in total. The van der Waals surface area contributed by atoms with Crippen molar-refractivity contribution in [2.75, 3.05) is 19.6 Å². The maximum atomic E-state index is 13.2. The average Bonchev–Trinajstić information content (AvgIpc) is 2.82. The number of amides is 3. The first-order valence-electron chi connectivity index (χ1n) is 12.8. The lowest BCUT2D eigenvalue weighted by atomic mass is 9.99. The Bertz CT molecular complexity index is 802. The minimum atomic E-state index is -0.838.